The number of amides is 1. The van der Waals surface area contributed by atoms with Crippen molar-refractivity contribution in [2.45, 2.75) is 54.3 Å². The van der Waals surface area contributed by atoms with E-state index in [0.717, 1.165) is 31.2 Å². The maximum atomic E-state index is 12.8. The van der Waals surface area contributed by atoms with Crippen LogP contribution in [-0.4, -0.2) is 42.0 Å². The number of nitrogens with one attached hydrogen (secondary N) is 1. The van der Waals surface area contributed by atoms with Crippen molar-refractivity contribution < 1.29 is 13.2 Å². The molecule has 3 rings (SSSR count). The van der Waals surface area contributed by atoms with Crippen LogP contribution in [0.15, 0.2) is 52.5 Å². The molecule has 2 heterocycles. The zero-order valence-electron chi connectivity index (χ0n) is 16.9. The van der Waals surface area contributed by atoms with Crippen LogP contribution in [0.2, 0.25) is 5.02 Å². The number of hydrogen-bond donors (Lipinski definition) is 1. The number of thioether (sulfide) groups is 1. The number of pyridine rings is 1. The summed E-state index contributed by atoms with van der Waals surface area (Å²) in [7, 11) is -3.52. The zero-order chi connectivity index (χ0) is 21.6. The number of benzene rings is 1. The first-order valence-electron chi connectivity index (χ1n) is 10.0. The van der Waals surface area contributed by atoms with Gasteiger partial charge in [0.15, 0.2) is 0 Å². The molecule has 1 atom stereocenters. The van der Waals surface area contributed by atoms with Crippen molar-refractivity contribution >= 4 is 39.3 Å². The fraction of sp³-hybridized carbons (Fsp3) is 0.429. The van der Waals surface area contributed by atoms with Gasteiger partial charge in [-0.15, -0.1) is 0 Å². The third-order valence-electron chi connectivity index (χ3n) is 4.96. The van der Waals surface area contributed by atoms with Crippen LogP contribution in [0.1, 0.15) is 38.2 Å². The highest BCUT2D eigenvalue weighted by Gasteiger charge is 2.25. The van der Waals surface area contributed by atoms with E-state index in [1.54, 1.807) is 35.5 Å². The zero-order valence-corrected chi connectivity index (χ0v) is 19.3. The topological polar surface area (TPSA) is 79.4 Å². The summed E-state index contributed by atoms with van der Waals surface area (Å²) in [5.41, 5.74) is 0.964. The average Bonchev–Trinajstić information content (AvgIpc) is 3.04. The Balaban J connectivity index is 1.56. The fourth-order valence-corrected chi connectivity index (χ4v) is 5.59. The Bertz CT molecular complexity index is 942. The molecule has 1 amide bonds. The Hall–Kier alpha value is -1.61. The van der Waals surface area contributed by atoms with Gasteiger partial charge < -0.3 is 5.32 Å². The lowest BCUT2D eigenvalue weighted by molar-refractivity contribution is -0.120. The number of aromatic nitrogens is 1. The number of rotatable bonds is 7. The third kappa shape index (κ3) is 6.20. The predicted molar refractivity (Wildman–Crippen MR) is 120 cm³/mol. The van der Waals surface area contributed by atoms with Gasteiger partial charge >= 0.3 is 0 Å². The van der Waals surface area contributed by atoms with E-state index in [1.165, 1.54) is 18.0 Å². The number of sulfonamides is 1. The van der Waals surface area contributed by atoms with Crippen molar-refractivity contribution in [1.82, 2.24) is 14.6 Å². The summed E-state index contributed by atoms with van der Waals surface area (Å²) in [4.78, 5) is 16.8. The Morgan fingerprint density at radius 1 is 1.13 bits per heavy atom. The van der Waals surface area contributed by atoms with E-state index in [4.69, 9.17) is 11.6 Å². The van der Waals surface area contributed by atoms with Gasteiger partial charge in [0, 0.05) is 30.9 Å². The molecule has 0 radical (unpaired) electrons. The quantitative estimate of drug-likeness (QED) is 0.620. The van der Waals surface area contributed by atoms with Crippen molar-refractivity contribution in [3.63, 3.8) is 0 Å². The van der Waals surface area contributed by atoms with E-state index in [2.05, 4.69) is 10.3 Å². The number of nitrogens with zero attached hydrogens (tertiary/aromatic N) is 2. The molecule has 1 N–H and O–H groups in total. The molecule has 0 spiro atoms. The summed E-state index contributed by atoms with van der Waals surface area (Å²) < 4.78 is 27.2. The molecule has 1 fully saturated rings. The summed E-state index contributed by atoms with van der Waals surface area (Å²) in [5.74, 6) is -0.113. The summed E-state index contributed by atoms with van der Waals surface area (Å²) >= 11 is 7.16. The van der Waals surface area contributed by atoms with E-state index in [1.807, 2.05) is 12.1 Å². The first-order valence-corrected chi connectivity index (χ1v) is 12.7. The lowest BCUT2D eigenvalue weighted by Crippen LogP contribution is -2.32. The molecule has 30 heavy (non-hydrogen) atoms. The number of carbonyl (C=O) groups is 1. The third-order valence-corrected chi connectivity index (χ3v) is 8.14. The minimum atomic E-state index is -3.52. The van der Waals surface area contributed by atoms with E-state index in [-0.39, 0.29) is 16.1 Å². The van der Waals surface area contributed by atoms with Crippen LogP contribution < -0.4 is 5.32 Å². The molecule has 162 valence electrons. The summed E-state index contributed by atoms with van der Waals surface area (Å²) in [6, 6.07) is 10.5. The second-order valence-electron chi connectivity index (χ2n) is 7.25. The molecule has 9 heteroatoms. The Labute approximate surface area is 187 Å². The fourth-order valence-electron chi connectivity index (χ4n) is 3.19. The Morgan fingerprint density at radius 3 is 2.40 bits per heavy atom. The van der Waals surface area contributed by atoms with Gasteiger partial charge in [-0.3, -0.25) is 4.79 Å². The molecule has 1 aromatic carbocycles. The molecule has 1 aromatic heterocycles. The molecular formula is C21H26ClN3O3S2. The number of carbonyl (C=O) groups excluding carboxylic acids is 1. The van der Waals surface area contributed by atoms with Crippen molar-refractivity contribution in [2.75, 3.05) is 13.1 Å². The number of hydrogen-bond acceptors (Lipinski definition) is 5. The van der Waals surface area contributed by atoms with Crippen molar-refractivity contribution in [2.24, 2.45) is 0 Å². The highest BCUT2D eigenvalue weighted by Crippen LogP contribution is 2.24. The first kappa shape index (κ1) is 23.1. The average molecular weight is 468 g/mol. The normalized spacial score (nSPS) is 16.6. The van der Waals surface area contributed by atoms with Gasteiger partial charge in [-0.2, -0.15) is 4.31 Å². The molecule has 1 unspecified atom stereocenters. The molecule has 1 saturated heterocycles. The summed E-state index contributed by atoms with van der Waals surface area (Å²) in [6.45, 7) is 3.33. The Morgan fingerprint density at radius 2 is 1.80 bits per heavy atom. The maximum absolute atomic E-state index is 12.8. The smallest absolute Gasteiger partial charge is 0.244 e. The van der Waals surface area contributed by atoms with Gasteiger partial charge in [0.2, 0.25) is 15.9 Å². The van der Waals surface area contributed by atoms with Crippen LogP contribution in [-0.2, 0) is 21.4 Å². The highest BCUT2D eigenvalue weighted by atomic mass is 35.5. The molecule has 0 aliphatic carbocycles. The van der Waals surface area contributed by atoms with Gasteiger partial charge in [0.25, 0.3) is 0 Å². The Kier molecular flexibility index (Phi) is 8.16. The van der Waals surface area contributed by atoms with Crippen LogP contribution in [0.4, 0.5) is 0 Å². The van der Waals surface area contributed by atoms with Crippen LogP contribution >= 0.6 is 23.4 Å². The van der Waals surface area contributed by atoms with Gasteiger partial charge in [-0.1, -0.05) is 48.3 Å². The van der Waals surface area contributed by atoms with Crippen LogP contribution in [0, 0.1) is 0 Å². The van der Waals surface area contributed by atoms with Crippen molar-refractivity contribution in [3.8, 4) is 0 Å². The van der Waals surface area contributed by atoms with Gasteiger partial charge in [0.1, 0.15) is 4.90 Å². The van der Waals surface area contributed by atoms with E-state index < -0.39 is 10.0 Å². The van der Waals surface area contributed by atoms with Crippen LogP contribution in [0.5, 0.6) is 0 Å². The minimum absolute atomic E-state index is 0.113. The van der Waals surface area contributed by atoms with E-state index in [9.17, 15) is 13.2 Å². The molecule has 1 aliphatic heterocycles. The van der Waals surface area contributed by atoms with Gasteiger partial charge in [0.05, 0.1) is 10.3 Å². The van der Waals surface area contributed by atoms with Crippen LogP contribution in [0.3, 0.4) is 0 Å². The molecule has 1 aliphatic rings. The van der Waals surface area contributed by atoms with Gasteiger partial charge in [-0.05, 0) is 49.6 Å². The predicted octanol–water partition coefficient (Wildman–Crippen LogP) is 4.10. The van der Waals surface area contributed by atoms with Crippen molar-refractivity contribution in [3.05, 3.63) is 53.2 Å². The number of halogens is 1. The first-order chi connectivity index (χ1) is 14.4. The standard InChI is InChI=1S/C21H26ClN3O3S2/c1-16(21(26)24-14-17-6-8-18(22)9-7-17)29-20-11-10-19(15-23-20)30(27,28)25-12-4-2-3-5-13-25/h6-11,15-16H,2-5,12-14H2,1H3,(H,24,26). The van der Waals surface area contributed by atoms with Gasteiger partial charge in [-0.25, -0.2) is 13.4 Å². The lowest BCUT2D eigenvalue weighted by Gasteiger charge is -2.19. The minimum Gasteiger partial charge on any atom is -0.351 e. The summed E-state index contributed by atoms with van der Waals surface area (Å²) in [5, 5.41) is 3.79. The molecule has 2 aromatic rings. The lowest BCUT2D eigenvalue weighted by atomic mass is 10.2. The van der Waals surface area contributed by atoms with Crippen molar-refractivity contribution in [1.29, 1.82) is 0 Å². The van der Waals surface area contributed by atoms with E-state index in [0.29, 0.717) is 29.7 Å². The SMILES string of the molecule is CC(Sc1ccc(S(=O)(=O)N2CCCCCC2)cn1)C(=O)NCc1ccc(Cl)cc1. The molecule has 0 saturated carbocycles. The largest absolute Gasteiger partial charge is 0.351 e. The molecular weight excluding hydrogens is 442 g/mol. The monoisotopic (exact) mass is 467 g/mol. The summed E-state index contributed by atoms with van der Waals surface area (Å²) in [6.07, 6.45) is 5.31. The highest BCUT2D eigenvalue weighted by molar-refractivity contribution is 8.00. The molecule has 0 bridgehead atoms. The second kappa shape index (κ2) is 10.6. The molecule has 6 nitrogen and oxygen atoms in total. The maximum Gasteiger partial charge on any atom is 0.244 e. The second-order valence-corrected chi connectivity index (χ2v) is 11.0. The van der Waals surface area contributed by atoms with Crippen LogP contribution in [0.25, 0.3) is 0 Å². The van der Waals surface area contributed by atoms with E-state index >= 15 is 0 Å².